The van der Waals surface area contributed by atoms with E-state index in [1.807, 2.05) is 24.5 Å². The van der Waals surface area contributed by atoms with Crippen LogP contribution in [0.3, 0.4) is 0 Å². The molecule has 126 valence electrons. The Balaban J connectivity index is 2.01. The van der Waals surface area contributed by atoms with Crippen molar-refractivity contribution in [3.05, 3.63) is 24.8 Å². The number of carbonyl (C=O) groups is 2. The number of rotatable bonds is 4. The van der Waals surface area contributed by atoms with Gasteiger partial charge in [-0.05, 0) is 13.8 Å². The molecule has 8 nitrogen and oxygen atoms in total. The van der Waals surface area contributed by atoms with Crippen LogP contribution in [0.2, 0.25) is 0 Å². The van der Waals surface area contributed by atoms with Crippen LogP contribution in [0.5, 0.6) is 0 Å². The molecule has 1 unspecified atom stereocenters. The molecular formula is C16H21N6O2+. The number of hydrogen-bond acceptors (Lipinski definition) is 5. The van der Waals surface area contributed by atoms with Gasteiger partial charge in [0.15, 0.2) is 0 Å². The number of imide groups is 1. The Morgan fingerprint density at radius 3 is 2.79 bits per heavy atom. The van der Waals surface area contributed by atoms with Gasteiger partial charge in [-0.25, -0.2) is 9.37 Å². The van der Waals surface area contributed by atoms with Crippen LogP contribution in [-0.4, -0.2) is 81.6 Å². The fraction of sp³-hybridized carbons (Fsp3) is 0.438. The van der Waals surface area contributed by atoms with Crippen molar-refractivity contribution in [3.8, 4) is 0 Å². The van der Waals surface area contributed by atoms with E-state index in [0.29, 0.717) is 24.9 Å². The van der Waals surface area contributed by atoms with Crippen LogP contribution in [0.4, 0.5) is 4.79 Å². The molecule has 0 aromatic rings. The van der Waals surface area contributed by atoms with Gasteiger partial charge in [-0.15, -0.1) is 10.1 Å². The number of amidine groups is 1. The van der Waals surface area contributed by atoms with E-state index in [9.17, 15) is 9.59 Å². The molecule has 0 aliphatic carbocycles. The van der Waals surface area contributed by atoms with Gasteiger partial charge in [0.25, 0.3) is 5.91 Å². The number of likely N-dealkylation sites (N-methyl/N-ethyl adjacent to an activating group) is 1. The Bertz CT molecular complexity index is 733. The molecular weight excluding hydrogens is 308 g/mol. The molecule has 1 atom stereocenters. The van der Waals surface area contributed by atoms with Crippen molar-refractivity contribution < 1.29 is 14.2 Å². The third-order valence-electron chi connectivity index (χ3n) is 4.14. The summed E-state index contributed by atoms with van der Waals surface area (Å²) in [6, 6.07) is -0.952. The molecule has 8 heteroatoms. The highest BCUT2D eigenvalue weighted by Gasteiger charge is 2.54. The SMILES string of the molecule is C=CCN1N=C(C)C[N+]2=C1N=C1C2C(=O)N(C/C=C/C)C(=O)N1C. The fourth-order valence-electron chi connectivity index (χ4n) is 3.03. The first-order valence-corrected chi connectivity index (χ1v) is 7.84. The maximum Gasteiger partial charge on any atom is 0.417 e. The summed E-state index contributed by atoms with van der Waals surface area (Å²) in [5, 5.41) is 6.17. The van der Waals surface area contributed by atoms with E-state index in [1.54, 1.807) is 24.2 Å². The van der Waals surface area contributed by atoms with E-state index in [1.165, 1.54) is 9.80 Å². The molecule has 3 amide bonds. The zero-order valence-electron chi connectivity index (χ0n) is 14.1. The van der Waals surface area contributed by atoms with Gasteiger partial charge >= 0.3 is 12.0 Å². The highest BCUT2D eigenvalue weighted by atomic mass is 16.2. The lowest BCUT2D eigenvalue weighted by atomic mass is 10.1. The third kappa shape index (κ3) is 2.34. The average molecular weight is 329 g/mol. The Kier molecular flexibility index (Phi) is 4.04. The third-order valence-corrected chi connectivity index (χ3v) is 4.14. The molecule has 0 aromatic heterocycles. The standard InChI is InChI=1S/C16H21N6O2/c1-5-7-9-20-14(23)12-13(19(4)16(20)24)17-15-21(12)10-11(3)18-22(15)8-6-2/h5-7,12H,2,8-10H2,1,3-4H3/q+1/b7-5+. The van der Waals surface area contributed by atoms with Crippen molar-refractivity contribution in [2.75, 3.05) is 26.7 Å². The topological polar surface area (TPSA) is 71.6 Å². The van der Waals surface area contributed by atoms with E-state index in [4.69, 9.17) is 0 Å². The Morgan fingerprint density at radius 2 is 2.12 bits per heavy atom. The van der Waals surface area contributed by atoms with Gasteiger partial charge in [-0.2, -0.15) is 0 Å². The maximum atomic E-state index is 12.9. The number of urea groups is 1. The van der Waals surface area contributed by atoms with Crippen molar-refractivity contribution in [2.45, 2.75) is 19.9 Å². The summed E-state index contributed by atoms with van der Waals surface area (Å²) in [4.78, 5) is 32.7. The molecule has 0 N–H and O–H groups in total. The minimum Gasteiger partial charge on any atom is -0.270 e. The van der Waals surface area contributed by atoms with Crippen molar-refractivity contribution in [1.29, 1.82) is 0 Å². The van der Waals surface area contributed by atoms with Gasteiger partial charge in [0.1, 0.15) is 13.1 Å². The number of hydrazone groups is 1. The van der Waals surface area contributed by atoms with Gasteiger partial charge in [-0.1, -0.05) is 29.8 Å². The minimum absolute atomic E-state index is 0.252. The van der Waals surface area contributed by atoms with Gasteiger partial charge in [0, 0.05) is 13.6 Å². The van der Waals surface area contributed by atoms with E-state index in [0.717, 1.165) is 5.71 Å². The van der Waals surface area contributed by atoms with Gasteiger partial charge < -0.3 is 0 Å². The van der Waals surface area contributed by atoms with Crippen LogP contribution >= 0.6 is 0 Å². The highest BCUT2D eigenvalue weighted by molar-refractivity contribution is 6.23. The Labute approximate surface area is 140 Å². The molecule has 0 spiro atoms. The average Bonchev–Trinajstić information content (AvgIpc) is 2.93. The molecule has 3 heterocycles. The van der Waals surface area contributed by atoms with E-state index >= 15 is 0 Å². The summed E-state index contributed by atoms with van der Waals surface area (Å²) in [5.41, 5.74) is 0.879. The fourth-order valence-corrected chi connectivity index (χ4v) is 3.03. The van der Waals surface area contributed by atoms with E-state index in [2.05, 4.69) is 16.7 Å². The number of carbonyl (C=O) groups excluding carboxylic acids is 2. The second-order valence-corrected chi connectivity index (χ2v) is 5.87. The zero-order chi connectivity index (χ0) is 17.4. The molecule has 0 bridgehead atoms. The number of aliphatic imine (C=N–C) groups is 1. The van der Waals surface area contributed by atoms with Gasteiger partial charge in [-0.3, -0.25) is 14.6 Å². The second-order valence-electron chi connectivity index (χ2n) is 5.87. The van der Waals surface area contributed by atoms with Crippen LogP contribution in [0.1, 0.15) is 13.8 Å². The molecule has 1 saturated heterocycles. The quantitative estimate of drug-likeness (QED) is 0.556. The first-order valence-electron chi connectivity index (χ1n) is 7.84. The van der Waals surface area contributed by atoms with Crippen LogP contribution in [0.15, 0.2) is 34.9 Å². The monoisotopic (exact) mass is 329 g/mol. The zero-order valence-corrected chi connectivity index (χ0v) is 14.1. The smallest absolute Gasteiger partial charge is 0.270 e. The van der Waals surface area contributed by atoms with Gasteiger partial charge in [0.05, 0.1) is 5.71 Å². The number of amides is 3. The molecule has 3 rings (SSSR count). The summed E-state index contributed by atoms with van der Waals surface area (Å²) in [6.07, 6.45) is 5.34. The van der Waals surface area contributed by atoms with Crippen molar-refractivity contribution >= 4 is 29.4 Å². The largest absolute Gasteiger partial charge is 0.417 e. The Hall–Kier alpha value is -2.77. The lowest BCUT2D eigenvalue weighted by Crippen LogP contribution is -2.63. The molecule has 0 radical (unpaired) electrons. The normalized spacial score (nSPS) is 23.6. The van der Waals surface area contributed by atoms with Gasteiger partial charge in [0.2, 0.25) is 11.9 Å². The first-order chi connectivity index (χ1) is 11.5. The summed E-state index contributed by atoms with van der Waals surface area (Å²) in [7, 11) is 1.65. The van der Waals surface area contributed by atoms with Crippen LogP contribution in [0.25, 0.3) is 0 Å². The van der Waals surface area contributed by atoms with Crippen molar-refractivity contribution in [3.63, 3.8) is 0 Å². The summed E-state index contributed by atoms with van der Waals surface area (Å²) < 4.78 is 1.90. The number of allylic oxidation sites excluding steroid dienone is 1. The second kappa shape index (κ2) is 6.03. The van der Waals surface area contributed by atoms with E-state index < -0.39 is 6.04 Å². The van der Waals surface area contributed by atoms with E-state index in [-0.39, 0.29) is 18.5 Å². The molecule has 3 aliphatic rings. The Morgan fingerprint density at radius 1 is 1.38 bits per heavy atom. The predicted molar refractivity (Wildman–Crippen MR) is 91.1 cm³/mol. The first kappa shape index (κ1) is 16.1. The molecule has 24 heavy (non-hydrogen) atoms. The highest BCUT2D eigenvalue weighted by Crippen LogP contribution is 2.22. The summed E-state index contributed by atoms with van der Waals surface area (Å²) >= 11 is 0. The van der Waals surface area contributed by atoms with Crippen LogP contribution in [0, 0.1) is 0 Å². The number of guanidine groups is 1. The number of nitrogens with zero attached hydrogens (tertiary/aromatic N) is 6. The molecule has 0 aromatic carbocycles. The summed E-state index contributed by atoms with van der Waals surface area (Å²) in [6.45, 7) is 8.75. The molecule has 1 fully saturated rings. The molecule has 3 aliphatic heterocycles. The predicted octanol–water partition coefficient (Wildman–Crippen LogP) is 0.483. The van der Waals surface area contributed by atoms with Crippen molar-refractivity contribution in [1.82, 2.24) is 14.8 Å². The van der Waals surface area contributed by atoms with Crippen molar-refractivity contribution in [2.24, 2.45) is 10.1 Å². The summed E-state index contributed by atoms with van der Waals surface area (Å²) in [5.74, 6) is 0.787. The molecule has 0 saturated carbocycles. The van der Waals surface area contributed by atoms with Crippen LogP contribution in [-0.2, 0) is 4.79 Å². The maximum absolute atomic E-state index is 12.9. The van der Waals surface area contributed by atoms with Crippen LogP contribution < -0.4 is 0 Å². The lowest BCUT2D eigenvalue weighted by Gasteiger charge is -2.33. The lowest BCUT2D eigenvalue weighted by molar-refractivity contribution is -0.527. The number of hydrogen-bond donors (Lipinski definition) is 0. The number of fused-ring (bicyclic) bond motifs is 2. The minimum atomic E-state index is -0.592.